The van der Waals surface area contributed by atoms with Crippen molar-refractivity contribution in [3.8, 4) is 0 Å². The highest BCUT2D eigenvalue weighted by atomic mass is 35.5. The van der Waals surface area contributed by atoms with E-state index in [-0.39, 0.29) is 0 Å². The molecule has 4 rings (SSSR count). The number of benzene rings is 2. The Morgan fingerprint density at radius 3 is 2.53 bits per heavy atom. The lowest BCUT2D eigenvalue weighted by Gasteiger charge is -2.20. The minimum Gasteiger partial charge on any atom is -0.618 e. The van der Waals surface area contributed by atoms with Gasteiger partial charge >= 0.3 is 5.97 Å². The normalized spacial score (nSPS) is 11.7. The quantitative estimate of drug-likeness (QED) is 0.150. The van der Waals surface area contributed by atoms with E-state index in [0.29, 0.717) is 28.0 Å². The van der Waals surface area contributed by atoms with Gasteiger partial charge in [0.25, 0.3) is 0 Å². The Kier molecular flexibility index (Phi) is 5.08. The van der Waals surface area contributed by atoms with Crippen LogP contribution in [0.25, 0.3) is 21.7 Å². The SMILES string of the molecule is CC(C)(C)OC(=O)c1cc[n+]([O-])c2cc(Cc3ccc(Cl)nc3)c3ccccc3c12. The fourth-order valence-corrected chi connectivity index (χ4v) is 3.69. The summed E-state index contributed by atoms with van der Waals surface area (Å²) in [5.41, 5.74) is 2.11. The van der Waals surface area contributed by atoms with Gasteiger partial charge in [-0.15, -0.1) is 0 Å². The van der Waals surface area contributed by atoms with Gasteiger partial charge in [0.05, 0.1) is 10.9 Å². The van der Waals surface area contributed by atoms with Gasteiger partial charge in [0.1, 0.15) is 10.8 Å². The third kappa shape index (κ3) is 3.94. The number of carbonyl (C=O) groups excluding carboxylic acids is 1. The van der Waals surface area contributed by atoms with Crippen LogP contribution in [0.3, 0.4) is 0 Å². The second kappa shape index (κ2) is 7.58. The molecule has 0 atom stereocenters. The summed E-state index contributed by atoms with van der Waals surface area (Å²) >= 11 is 5.90. The van der Waals surface area contributed by atoms with Crippen LogP contribution in [0, 0.1) is 5.21 Å². The van der Waals surface area contributed by atoms with Gasteiger partial charge in [-0.25, -0.2) is 9.78 Å². The molecule has 0 saturated carbocycles. The van der Waals surface area contributed by atoms with E-state index >= 15 is 0 Å². The molecular formula is C24H21ClN2O3. The Balaban J connectivity index is 1.95. The number of hydrogen-bond acceptors (Lipinski definition) is 4. The van der Waals surface area contributed by atoms with Gasteiger partial charge < -0.3 is 9.94 Å². The van der Waals surface area contributed by atoms with E-state index in [1.54, 1.807) is 12.3 Å². The molecular weight excluding hydrogens is 400 g/mol. The number of ether oxygens (including phenoxy) is 1. The molecule has 2 aromatic heterocycles. The molecule has 0 unspecified atom stereocenters. The maximum absolute atomic E-state index is 12.9. The summed E-state index contributed by atoms with van der Waals surface area (Å²) in [5.74, 6) is -0.451. The molecule has 2 aromatic carbocycles. The van der Waals surface area contributed by atoms with Crippen molar-refractivity contribution < 1.29 is 14.3 Å². The first-order chi connectivity index (χ1) is 14.2. The Morgan fingerprint density at radius 1 is 1.13 bits per heavy atom. The van der Waals surface area contributed by atoms with Crippen molar-refractivity contribution in [2.45, 2.75) is 32.8 Å². The number of esters is 1. The zero-order valence-electron chi connectivity index (χ0n) is 17.0. The summed E-state index contributed by atoms with van der Waals surface area (Å²) in [5, 5.41) is 15.5. The number of rotatable bonds is 3. The van der Waals surface area contributed by atoms with Crippen molar-refractivity contribution >= 4 is 39.2 Å². The van der Waals surface area contributed by atoms with Crippen molar-refractivity contribution in [1.29, 1.82) is 0 Å². The van der Waals surface area contributed by atoms with Crippen molar-refractivity contribution in [3.05, 3.63) is 88.0 Å². The monoisotopic (exact) mass is 420 g/mol. The standard InChI is InChI=1S/C24H21ClN2O3/c1-24(2,3)30-23(28)19-10-11-27(29)20-13-16(12-15-8-9-21(25)26-14-15)17-6-4-5-7-18(17)22(19)20/h4-11,13-14H,12H2,1-3H3. The number of fused-ring (bicyclic) bond motifs is 3. The molecule has 0 saturated heterocycles. The smallest absolute Gasteiger partial charge is 0.339 e. The molecule has 0 fully saturated rings. The van der Waals surface area contributed by atoms with Crippen LogP contribution in [0.4, 0.5) is 0 Å². The molecule has 0 aliphatic heterocycles. The van der Waals surface area contributed by atoms with Gasteiger partial charge in [0.15, 0.2) is 6.20 Å². The van der Waals surface area contributed by atoms with Crippen LogP contribution in [-0.2, 0) is 11.2 Å². The first-order valence-electron chi connectivity index (χ1n) is 9.63. The van der Waals surface area contributed by atoms with Crippen molar-refractivity contribution in [2.75, 3.05) is 0 Å². The van der Waals surface area contributed by atoms with E-state index in [0.717, 1.165) is 26.6 Å². The van der Waals surface area contributed by atoms with E-state index in [2.05, 4.69) is 4.98 Å². The number of aromatic nitrogens is 2. The van der Waals surface area contributed by atoms with Gasteiger partial charge in [-0.3, -0.25) is 0 Å². The average molecular weight is 421 g/mol. The number of carbonyl (C=O) groups is 1. The second-order valence-corrected chi connectivity index (χ2v) is 8.59. The third-order valence-corrected chi connectivity index (χ3v) is 5.02. The third-order valence-electron chi connectivity index (χ3n) is 4.79. The van der Waals surface area contributed by atoms with Crippen LogP contribution in [0.1, 0.15) is 42.3 Å². The highest BCUT2D eigenvalue weighted by Crippen LogP contribution is 2.31. The van der Waals surface area contributed by atoms with E-state index in [4.69, 9.17) is 16.3 Å². The summed E-state index contributed by atoms with van der Waals surface area (Å²) in [7, 11) is 0. The minimum absolute atomic E-state index is 0.378. The highest BCUT2D eigenvalue weighted by molar-refractivity contribution is 6.29. The molecule has 152 valence electrons. The molecule has 0 radical (unpaired) electrons. The van der Waals surface area contributed by atoms with Crippen molar-refractivity contribution in [3.63, 3.8) is 0 Å². The topological polar surface area (TPSA) is 66.1 Å². The summed E-state index contributed by atoms with van der Waals surface area (Å²) in [6.45, 7) is 5.46. The lowest BCUT2D eigenvalue weighted by molar-refractivity contribution is -0.577. The largest absolute Gasteiger partial charge is 0.618 e. The van der Waals surface area contributed by atoms with Crippen molar-refractivity contribution in [2.24, 2.45) is 0 Å². The number of nitrogens with zero attached hydrogens (tertiary/aromatic N) is 2. The molecule has 6 heteroatoms. The number of pyridine rings is 2. The zero-order chi connectivity index (χ0) is 21.5. The molecule has 0 N–H and O–H groups in total. The van der Waals surface area contributed by atoms with Crippen LogP contribution in [0.2, 0.25) is 5.15 Å². The minimum atomic E-state index is -0.635. The van der Waals surface area contributed by atoms with E-state index < -0.39 is 11.6 Å². The number of halogens is 1. The predicted molar refractivity (Wildman–Crippen MR) is 118 cm³/mol. The van der Waals surface area contributed by atoms with Gasteiger partial charge in [-0.05, 0) is 55.2 Å². The summed E-state index contributed by atoms with van der Waals surface area (Å²) in [6.07, 6.45) is 3.66. The van der Waals surface area contributed by atoms with E-state index in [1.165, 1.54) is 12.3 Å². The molecule has 5 nitrogen and oxygen atoms in total. The van der Waals surface area contributed by atoms with Crippen LogP contribution < -0.4 is 4.73 Å². The highest BCUT2D eigenvalue weighted by Gasteiger charge is 2.24. The summed E-state index contributed by atoms with van der Waals surface area (Å²) < 4.78 is 6.38. The van der Waals surface area contributed by atoms with E-state index in [9.17, 15) is 10.0 Å². The Bertz CT molecular complexity index is 1260. The summed E-state index contributed by atoms with van der Waals surface area (Å²) in [4.78, 5) is 17.0. The Morgan fingerprint density at radius 2 is 1.87 bits per heavy atom. The van der Waals surface area contributed by atoms with Gasteiger partial charge in [0.2, 0.25) is 5.52 Å². The number of hydrogen-bond donors (Lipinski definition) is 0. The molecule has 0 amide bonds. The fourth-order valence-electron chi connectivity index (χ4n) is 3.58. The lowest BCUT2D eigenvalue weighted by Crippen LogP contribution is -2.29. The van der Waals surface area contributed by atoms with E-state index in [1.807, 2.05) is 57.2 Å². The first kappa shape index (κ1) is 20.1. The second-order valence-electron chi connectivity index (χ2n) is 8.20. The molecule has 30 heavy (non-hydrogen) atoms. The van der Waals surface area contributed by atoms with Gasteiger partial charge in [-0.2, -0.15) is 4.73 Å². The lowest BCUT2D eigenvalue weighted by atomic mass is 9.94. The predicted octanol–water partition coefficient (Wildman–Crippen LogP) is 5.22. The fraction of sp³-hybridized carbons (Fsp3) is 0.208. The molecule has 0 spiro atoms. The van der Waals surface area contributed by atoms with Crippen LogP contribution in [0.15, 0.2) is 60.9 Å². The maximum Gasteiger partial charge on any atom is 0.339 e. The average Bonchev–Trinajstić information content (AvgIpc) is 2.69. The van der Waals surface area contributed by atoms with Crippen LogP contribution in [0.5, 0.6) is 0 Å². The maximum atomic E-state index is 12.9. The Hall–Kier alpha value is -3.18. The zero-order valence-corrected chi connectivity index (χ0v) is 17.7. The van der Waals surface area contributed by atoms with Gasteiger partial charge in [-0.1, -0.05) is 41.9 Å². The molecule has 4 aromatic rings. The first-order valence-corrected chi connectivity index (χ1v) is 10.0. The molecule has 0 bridgehead atoms. The molecule has 0 aliphatic carbocycles. The Labute approximate surface area is 179 Å². The molecule has 0 aliphatic rings. The van der Waals surface area contributed by atoms with Crippen molar-refractivity contribution in [1.82, 2.24) is 4.98 Å². The van der Waals surface area contributed by atoms with Gasteiger partial charge in [0, 0.05) is 18.3 Å². The van der Waals surface area contributed by atoms with Crippen LogP contribution in [-0.4, -0.2) is 16.6 Å². The molecule has 2 heterocycles. The summed E-state index contributed by atoms with van der Waals surface area (Å²) in [6, 6.07) is 14.8. The van der Waals surface area contributed by atoms with Crippen LogP contribution >= 0.6 is 11.6 Å².